The predicted molar refractivity (Wildman–Crippen MR) is 81.3 cm³/mol. The Morgan fingerprint density at radius 3 is 2.32 bits per heavy atom. The molecule has 0 unspecified atom stereocenters. The molecule has 0 spiro atoms. The minimum Gasteiger partial charge on any atom is -0.463 e. The van der Waals surface area contributed by atoms with Gasteiger partial charge < -0.3 is 9.47 Å². The number of hydrogen-bond acceptors (Lipinski definition) is 2. The van der Waals surface area contributed by atoms with Crippen molar-refractivity contribution in [2.45, 2.75) is 52.7 Å². The first kappa shape index (κ1) is 15.8. The maximum Gasteiger partial charge on any atom is 0.204 e. The van der Waals surface area contributed by atoms with Gasteiger partial charge in [-0.25, -0.2) is 0 Å². The molecule has 2 nitrogen and oxygen atoms in total. The Balaban J connectivity index is 2.50. The lowest BCUT2D eigenvalue weighted by molar-refractivity contribution is -0.156. The van der Waals surface area contributed by atoms with Gasteiger partial charge in [0, 0.05) is 13.8 Å². The summed E-state index contributed by atoms with van der Waals surface area (Å²) in [7, 11) is 0. The van der Waals surface area contributed by atoms with Crippen LogP contribution in [0.5, 0.6) is 5.75 Å². The molecular formula is C17H26O2. The molecule has 19 heavy (non-hydrogen) atoms. The van der Waals surface area contributed by atoms with E-state index >= 15 is 0 Å². The lowest BCUT2D eigenvalue weighted by Gasteiger charge is -2.26. The SMILES string of the molecule is C=C(C)c1ccc(OC(C)(C)OCCCCC)cc1. The van der Waals surface area contributed by atoms with Crippen molar-refractivity contribution in [3.05, 3.63) is 36.4 Å². The Kier molecular flexibility index (Phi) is 6.10. The van der Waals surface area contributed by atoms with E-state index in [4.69, 9.17) is 9.47 Å². The van der Waals surface area contributed by atoms with Crippen LogP contribution in [0.2, 0.25) is 0 Å². The van der Waals surface area contributed by atoms with Crippen LogP contribution in [0, 0.1) is 0 Å². The number of rotatable bonds is 8. The third kappa shape index (κ3) is 5.93. The molecule has 0 bridgehead atoms. The fourth-order valence-electron chi connectivity index (χ4n) is 1.79. The first-order valence-electron chi connectivity index (χ1n) is 7.03. The predicted octanol–water partition coefficient (Wildman–Crippen LogP) is 5.04. The fraction of sp³-hybridized carbons (Fsp3) is 0.529. The summed E-state index contributed by atoms with van der Waals surface area (Å²) in [5.41, 5.74) is 2.19. The van der Waals surface area contributed by atoms with Crippen molar-refractivity contribution in [2.24, 2.45) is 0 Å². The number of ether oxygens (including phenoxy) is 2. The van der Waals surface area contributed by atoms with E-state index < -0.39 is 5.79 Å². The lowest BCUT2D eigenvalue weighted by Crippen LogP contribution is -2.32. The minimum atomic E-state index is -0.585. The number of benzene rings is 1. The van der Waals surface area contributed by atoms with Gasteiger partial charge in [0.2, 0.25) is 5.79 Å². The molecule has 1 aromatic carbocycles. The molecule has 0 aliphatic heterocycles. The van der Waals surface area contributed by atoms with E-state index in [0.717, 1.165) is 29.9 Å². The number of unbranched alkanes of at least 4 members (excludes halogenated alkanes) is 2. The molecule has 0 fully saturated rings. The summed E-state index contributed by atoms with van der Waals surface area (Å²) < 4.78 is 11.6. The molecule has 0 aromatic heterocycles. The van der Waals surface area contributed by atoms with E-state index in [9.17, 15) is 0 Å². The van der Waals surface area contributed by atoms with Gasteiger partial charge in [-0.2, -0.15) is 0 Å². The lowest BCUT2D eigenvalue weighted by atomic mass is 10.1. The molecule has 0 N–H and O–H groups in total. The van der Waals surface area contributed by atoms with Crippen LogP contribution in [0.1, 0.15) is 52.5 Å². The maximum absolute atomic E-state index is 5.86. The van der Waals surface area contributed by atoms with Crippen LogP contribution >= 0.6 is 0 Å². The van der Waals surface area contributed by atoms with Crippen LogP contribution in [-0.2, 0) is 4.74 Å². The highest BCUT2D eigenvalue weighted by atomic mass is 16.7. The summed E-state index contributed by atoms with van der Waals surface area (Å²) in [6, 6.07) is 7.96. The van der Waals surface area contributed by atoms with E-state index in [2.05, 4.69) is 13.5 Å². The van der Waals surface area contributed by atoms with E-state index in [1.54, 1.807) is 0 Å². The quantitative estimate of drug-likeness (QED) is 0.482. The van der Waals surface area contributed by atoms with Crippen molar-refractivity contribution in [1.82, 2.24) is 0 Å². The van der Waals surface area contributed by atoms with Crippen LogP contribution in [0.3, 0.4) is 0 Å². The van der Waals surface area contributed by atoms with Gasteiger partial charge in [0.05, 0.1) is 6.61 Å². The van der Waals surface area contributed by atoms with Gasteiger partial charge in [-0.3, -0.25) is 0 Å². The molecule has 0 heterocycles. The largest absolute Gasteiger partial charge is 0.463 e. The van der Waals surface area contributed by atoms with Crippen LogP contribution in [0.25, 0.3) is 5.57 Å². The molecule has 0 atom stereocenters. The molecule has 0 saturated carbocycles. The second-order valence-electron chi connectivity index (χ2n) is 5.36. The summed E-state index contributed by atoms with van der Waals surface area (Å²) in [6.07, 6.45) is 3.48. The van der Waals surface area contributed by atoms with Gasteiger partial charge in [-0.1, -0.05) is 44.1 Å². The van der Waals surface area contributed by atoms with E-state index in [-0.39, 0.29) is 0 Å². The minimum absolute atomic E-state index is 0.585. The average Bonchev–Trinajstić information content (AvgIpc) is 2.35. The average molecular weight is 262 g/mol. The highest BCUT2D eigenvalue weighted by Crippen LogP contribution is 2.22. The fourth-order valence-corrected chi connectivity index (χ4v) is 1.79. The Morgan fingerprint density at radius 2 is 1.79 bits per heavy atom. The number of allylic oxidation sites excluding steroid dienone is 1. The molecule has 106 valence electrons. The topological polar surface area (TPSA) is 18.5 Å². The van der Waals surface area contributed by atoms with Crippen LogP contribution in [0.15, 0.2) is 30.8 Å². The zero-order valence-corrected chi connectivity index (χ0v) is 12.7. The van der Waals surface area contributed by atoms with Crippen molar-refractivity contribution in [2.75, 3.05) is 6.61 Å². The third-order valence-corrected chi connectivity index (χ3v) is 2.91. The smallest absolute Gasteiger partial charge is 0.204 e. The van der Waals surface area contributed by atoms with Gasteiger partial charge in [0.15, 0.2) is 0 Å². The van der Waals surface area contributed by atoms with E-state index in [1.165, 1.54) is 12.8 Å². The van der Waals surface area contributed by atoms with Crippen molar-refractivity contribution in [3.63, 3.8) is 0 Å². The van der Waals surface area contributed by atoms with Crippen molar-refractivity contribution in [1.29, 1.82) is 0 Å². The Hall–Kier alpha value is -1.28. The summed E-state index contributed by atoms with van der Waals surface area (Å²) >= 11 is 0. The maximum atomic E-state index is 5.86. The Labute approximate surface area is 117 Å². The van der Waals surface area contributed by atoms with Crippen molar-refractivity contribution < 1.29 is 9.47 Å². The van der Waals surface area contributed by atoms with E-state index in [0.29, 0.717) is 0 Å². The Bertz CT molecular complexity index is 390. The molecular weight excluding hydrogens is 236 g/mol. The van der Waals surface area contributed by atoms with Gasteiger partial charge in [0.1, 0.15) is 5.75 Å². The van der Waals surface area contributed by atoms with Gasteiger partial charge in [0.25, 0.3) is 0 Å². The van der Waals surface area contributed by atoms with Crippen molar-refractivity contribution >= 4 is 5.57 Å². The zero-order chi connectivity index (χ0) is 14.3. The summed E-state index contributed by atoms with van der Waals surface area (Å²) in [4.78, 5) is 0. The zero-order valence-electron chi connectivity index (χ0n) is 12.7. The third-order valence-electron chi connectivity index (χ3n) is 2.91. The summed E-state index contributed by atoms with van der Waals surface area (Å²) in [5, 5.41) is 0. The van der Waals surface area contributed by atoms with Gasteiger partial charge in [-0.05, 0) is 31.0 Å². The molecule has 0 aliphatic rings. The molecule has 1 aromatic rings. The summed E-state index contributed by atoms with van der Waals surface area (Å²) in [5.74, 6) is 0.240. The monoisotopic (exact) mass is 262 g/mol. The second-order valence-corrected chi connectivity index (χ2v) is 5.36. The normalized spacial score (nSPS) is 11.4. The molecule has 0 amide bonds. The molecule has 1 rings (SSSR count). The van der Waals surface area contributed by atoms with Crippen LogP contribution < -0.4 is 4.74 Å². The van der Waals surface area contributed by atoms with Crippen LogP contribution in [0.4, 0.5) is 0 Å². The van der Waals surface area contributed by atoms with E-state index in [1.807, 2.05) is 45.0 Å². The van der Waals surface area contributed by atoms with Crippen LogP contribution in [-0.4, -0.2) is 12.4 Å². The first-order chi connectivity index (χ1) is 8.94. The highest BCUT2D eigenvalue weighted by molar-refractivity contribution is 5.61. The highest BCUT2D eigenvalue weighted by Gasteiger charge is 2.19. The molecule has 0 aliphatic carbocycles. The molecule has 0 radical (unpaired) electrons. The summed E-state index contributed by atoms with van der Waals surface area (Å²) in [6.45, 7) is 12.7. The molecule has 0 saturated heterocycles. The number of hydrogen-bond donors (Lipinski definition) is 0. The Morgan fingerprint density at radius 1 is 1.16 bits per heavy atom. The van der Waals surface area contributed by atoms with Crippen molar-refractivity contribution in [3.8, 4) is 5.75 Å². The van der Waals surface area contributed by atoms with Gasteiger partial charge in [-0.15, -0.1) is 0 Å². The first-order valence-corrected chi connectivity index (χ1v) is 7.03. The second kappa shape index (κ2) is 7.34. The standard InChI is InChI=1S/C17H26O2/c1-6-7-8-13-18-17(4,5)19-16-11-9-15(10-12-16)14(2)3/h9-12H,2,6-8,13H2,1,3-5H3. The molecule has 2 heteroatoms. The van der Waals surface area contributed by atoms with Gasteiger partial charge >= 0.3 is 0 Å².